The van der Waals surface area contributed by atoms with Crippen LogP contribution in [0.5, 0.6) is 5.75 Å². The minimum absolute atomic E-state index is 0.0314. The quantitative estimate of drug-likeness (QED) is 0.742. The summed E-state index contributed by atoms with van der Waals surface area (Å²) in [5.41, 5.74) is 1.94. The van der Waals surface area contributed by atoms with Crippen molar-refractivity contribution in [1.29, 1.82) is 0 Å². The summed E-state index contributed by atoms with van der Waals surface area (Å²) in [5, 5.41) is 12.1. The minimum Gasteiger partial charge on any atom is -0.502 e. The zero-order chi connectivity index (χ0) is 17.4. The van der Waals surface area contributed by atoms with Crippen LogP contribution in [0.25, 0.3) is 0 Å². The van der Waals surface area contributed by atoms with Crippen LogP contribution in [0.15, 0.2) is 53.5 Å². The van der Waals surface area contributed by atoms with Gasteiger partial charge in [-0.1, -0.05) is 36.4 Å². The molecule has 6 heteroatoms. The number of fused-ring (bicyclic) bond motifs is 5. The van der Waals surface area contributed by atoms with Crippen LogP contribution in [-0.4, -0.2) is 33.8 Å². The van der Waals surface area contributed by atoms with Crippen LogP contribution in [-0.2, 0) is 13.0 Å². The molecule has 4 rings (SSSR count). The third-order valence-electron chi connectivity index (χ3n) is 4.73. The molecule has 1 aromatic carbocycles. The molecule has 0 atom stereocenters. The van der Waals surface area contributed by atoms with E-state index in [1.807, 2.05) is 23.2 Å². The average Bonchev–Trinajstić information content (AvgIpc) is 2.65. The summed E-state index contributed by atoms with van der Waals surface area (Å²) in [4.78, 5) is 26.2. The van der Waals surface area contributed by atoms with Crippen molar-refractivity contribution in [3.05, 3.63) is 75.7 Å². The normalized spacial score (nSPS) is 18.2. The van der Waals surface area contributed by atoms with Crippen molar-refractivity contribution >= 4 is 5.91 Å². The monoisotopic (exact) mass is 337 g/mol. The molecule has 25 heavy (non-hydrogen) atoms. The molecule has 2 aromatic rings. The molecule has 6 nitrogen and oxygen atoms in total. The Kier molecular flexibility index (Phi) is 3.80. The number of pyridine rings is 1. The van der Waals surface area contributed by atoms with Gasteiger partial charge in [-0.15, -0.1) is 0 Å². The van der Waals surface area contributed by atoms with Crippen LogP contribution >= 0.6 is 0 Å². The fraction of sp³-hybridized carbons (Fsp3) is 0.263. The lowest BCUT2D eigenvalue weighted by atomic mass is 10.0. The van der Waals surface area contributed by atoms with E-state index in [2.05, 4.69) is 18.2 Å². The summed E-state index contributed by atoms with van der Waals surface area (Å²) in [6.07, 6.45) is 7.46. The first kappa shape index (κ1) is 15.5. The number of hydrogen-bond donors (Lipinski definition) is 1. The number of carbonyl (C=O) groups excluding carboxylic acids is 1. The first-order chi connectivity index (χ1) is 12.1. The Morgan fingerprint density at radius 1 is 1.00 bits per heavy atom. The molecule has 0 saturated carbocycles. The van der Waals surface area contributed by atoms with Gasteiger partial charge in [-0.3, -0.25) is 19.3 Å². The predicted octanol–water partition coefficient (Wildman–Crippen LogP) is 1.61. The highest BCUT2D eigenvalue weighted by Crippen LogP contribution is 2.23. The van der Waals surface area contributed by atoms with Crippen molar-refractivity contribution in [3.8, 4) is 5.75 Å². The maximum Gasteiger partial charge on any atom is 0.278 e. The van der Waals surface area contributed by atoms with Crippen molar-refractivity contribution < 1.29 is 9.90 Å². The number of rotatable bonds is 0. The number of amides is 1. The van der Waals surface area contributed by atoms with Crippen LogP contribution in [0.4, 0.5) is 0 Å². The lowest BCUT2D eigenvalue weighted by Crippen LogP contribution is -2.53. The minimum atomic E-state index is -0.540. The van der Waals surface area contributed by atoms with Crippen LogP contribution in [0.2, 0.25) is 0 Å². The fourth-order valence-electron chi connectivity index (χ4n) is 3.41. The summed E-state index contributed by atoms with van der Waals surface area (Å²) in [6, 6.07) is 9.53. The Hall–Kier alpha value is -3.02. The maximum absolute atomic E-state index is 12.7. The molecule has 2 bridgehead atoms. The second-order valence-corrected chi connectivity index (χ2v) is 6.33. The van der Waals surface area contributed by atoms with Crippen LogP contribution in [0, 0.1) is 0 Å². The molecular weight excluding hydrogens is 318 g/mol. The number of aromatic hydroxyl groups is 1. The van der Waals surface area contributed by atoms with E-state index >= 15 is 0 Å². The highest BCUT2D eigenvalue weighted by atomic mass is 16.3. The van der Waals surface area contributed by atoms with E-state index < -0.39 is 11.2 Å². The van der Waals surface area contributed by atoms with Gasteiger partial charge in [-0.2, -0.15) is 0 Å². The van der Waals surface area contributed by atoms with E-state index in [9.17, 15) is 14.7 Å². The molecule has 128 valence electrons. The third kappa shape index (κ3) is 2.69. The second-order valence-electron chi connectivity index (χ2n) is 6.33. The van der Waals surface area contributed by atoms with Crippen LogP contribution < -0.4 is 10.4 Å². The number of allylic oxidation sites excluding steroid dienone is 1. The molecular formula is C19H19N3O3. The van der Waals surface area contributed by atoms with Crippen molar-refractivity contribution in [2.24, 2.45) is 0 Å². The van der Waals surface area contributed by atoms with Gasteiger partial charge in [0.15, 0.2) is 11.4 Å². The van der Waals surface area contributed by atoms with Crippen molar-refractivity contribution in [2.45, 2.75) is 19.4 Å². The van der Waals surface area contributed by atoms with Gasteiger partial charge >= 0.3 is 0 Å². The Labute approximate surface area is 145 Å². The van der Waals surface area contributed by atoms with E-state index in [0.29, 0.717) is 19.8 Å². The van der Waals surface area contributed by atoms with E-state index in [-0.39, 0.29) is 11.6 Å². The summed E-state index contributed by atoms with van der Waals surface area (Å²) in [5.74, 6) is -0.821. The SMILES string of the molecule is O=C1c2c(O)c(=O)ccn2N2Cc3ccccc3CC/C=C/CN1C2. The van der Waals surface area contributed by atoms with Crippen LogP contribution in [0.3, 0.4) is 0 Å². The van der Waals surface area contributed by atoms with E-state index in [1.165, 1.54) is 17.2 Å². The molecule has 0 saturated heterocycles. The van der Waals surface area contributed by atoms with E-state index in [4.69, 9.17) is 0 Å². The van der Waals surface area contributed by atoms with Crippen molar-refractivity contribution in [3.63, 3.8) is 0 Å². The molecule has 2 aliphatic rings. The molecule has 1 amide bonds. The van der Waals surface area contributed by atoms with Gasteiger partial charge in [0, 0.05) is 18.8 Å². The molecule has 2 aliphatic heterocycles. The predicted molar refractivity (Wildman–Crippen MR) is 94.1 cm³/mol. The molecule has 0 unspecified atom stereocenters. The number of nitrogens with zero attached hydrogens (tertiary/aromatic N) is 3. The highest BCUT2D eigenvalue weighted by Gasteiger charge is 2.31. The first-order valence-corrected chi connectivity index (χ1v) is 8.36. The number of benzene rings is 1. The number of aryl methyl sites for hydroxylation is 1. The Bertz CT molecular complexity index is 916. The smallest absolute Gasteiger partial charge is 0.278 e. The zero-order valence-corrected chi connectivity index (χ0v) is 13.8. The van der Waals surface area contributed by atoms with Gasteiger partial charge in [0.1, 0.15) is 6.67 Å². The van der Waals surface area contributed by atoms with E-state index in [0.717, 1.165) is 12.8 Å². The highest BCUT2D eigenvalue weighted by molar-refractivity contribution is 5.96. The Morgan fingerprint density at radius 2 is 1.80 bits per heavy atom. The summed E-state index contributed by atoms with van der Waals surface area (Å²) in [7, 11) is 0. The second kappa shape index (κ2) is 6.12. The maximum atomic E-state index is 12.7. The topological polar surface area (TPSA) is 65.8 Å². The summed E-state index contributed by atoms with van der Waals surface area (Å²) in [6.45, 7) is 1.44. The first-order valence-electron chi connectivity index (χ1n) is 8.36. The molecule has 0 aliphatic carbocycles. The molecule has 0 fully saturated rings. The fourth-order valence-corrected chi connectivity index (χ4v) is 3.41. The molecule has 1 N–H and O–H groups in total. The van der Waals surface area contributed by atoms with Gasteiger partial charge in [-0.25, -0.2) is 0 Å². The largest absolute Gasteiger partial charge is 0.502 e. The lowest BCUT2D eigenvalue weighted by Gasteiger charge is -2.39. The Balaban J connectivity index is 1.86. The number of carbonyl (C=O) groups is 1. The van der Waals surface area contributed by atoms with E-state index in [1.54, 1.807) is 15.8 Å². The summed E-state index contributed by atoms with van der Waals surface area (Å²) >= 11 is 0. The third-order valence-corrected chi connectivity index (χ3v) is 4.73. The molecule has 0 spiro atoms. The molecule has 1 aromatic heterocycles. The molecule has 0 radical (unpaired) electrons. The summed E-state index contributed by atoms with van der Waals surface area (Å²) < 4.78 is 1.61. The standard InChI is InChI=1S/C19H19N3O3/c23-16-9-11-22-17(18(16)24)19(25)20-10-5-1-2-6-14-7-3-4-8-15(14)12-21(22)13-20/h1,3-5,7-9,11,24H,2,6,10,12-13H2/b5-1+. The number of hydrogen-bond acceptors (Lipinski definition) is 4. The van der Waals surface area contributed by atoms with Gasteiger partial charge in [-0.05, 0) is 24.0 Å². The molecule has 3 heterocycles. The number of aromatic nitrogens is 1. The zero-order valence-electron chi connectivity index (χ0n) is 13.8. The van der Waals surface area contributed by atoms with Crippen LogP contribution in [0.1, 0.15) is 28.0 Å². The van der Waals surface area contributed by atoms with Crippen molar-refractivity contribution in [2.75, 3.05) is 18.2 Å². The lowest BCUT2D eigenvalue weighted by molar-refractivity contribution is 0.0706. The van der Waals surface area contributed by atoms with Gasteiger partial charge < -0.3 is 10.0 Å². The Morgan fingerprint density at radius 3 is 2.64 bits per heavy atom. The van der Waals surface area contributed by atoms with Gasteiger partial charge in [0.2, 0.25) is 5.43 Å². The van der Waals surface area contributed by atoms with Gasteiger partial charge in [0.05, 0.1) is 6.54 Å². The van der Waals surface area contributed by atoms with Crippen molar-refractivity contribution in [1.82, 2.24) is 9.58 Å². The average molecular weight is 337 g/mol. The van der Waals surface area contributed by atoms with Gasteiger partial charge in [0.25, 0.3) is 5.91 Å².